The van der Waals surface area contributed by atoms with E-state index >= 15 is 0 Å². The fourth-order valence-corrected chi connectivity index (χ4v) is 4.65. The Labute approximate surface area is 197 Å². The minimum Gasteiger partial charge on any atom is -0.507 e. The summed E-state index contributed by atoms with van der Waals surface area (Å²) >= 11 is 0. The first-order chi connectivity index (χ1) is 16.6. The summed E-state index contributed by atoms with van der Waals surface area (Å²) in [6.07, 6.45) is 0.564. The summed E-state index contributed by atoms with van der Waals surface area (Å²) in [6, 6.07) is 17.9. The average molecular weight is 459 g/mol. The number of ketones is 1. The van der Waals surface area contributed by atoms with Crippen LogP contribution in [-0.2, 0) is 14.3 Å². The predicted molar refractivity (Wildman–Crippen MR) is 127 cm³/mol. The smallest absolute Gasteiger partial charge is 0.295 e. The monoisotopic (exact) mass is 459 g/mol. The Kier molecular flexibility index (Phi) is 5.94. The van der Waals surface area contributed by atoms with E-state index in [0.717, 1.165) is 16.3 Å². The standard InChI is InChI=1S/C27H25NO6/c1-32-13-5-12-28-24(20-9-4-7-17-6-2-3-8-19(17)20)23(26(30)27(28)31)25(29)18-10-11-21-22(16-18)34-15-14-33-21/h2-4,6-11,16,24,29H,5,12-15H2,1H3/b25-23+. The summed E-state index contributed by atoms with van der Waals surface area (Å²) in [5.74, 6) is -0.502. The maximum absolute atomic E-state index is 13.3. The van der Waals surface area contributed by atoms with Crippen molar-refractivity contribution in [2.24, 2.45) is 0 Å². The number of methoxy groups -OCH3 is 1. The third-order valence-electron chi connectivity index (χ3n) is 6.22. The van der Waals surface area contributed by atoms with Gasteiger partial charge in [-0.1, -0.05) is 42.5 Å². The summed E-state index contributed by atoms with van der Waals surface area (Å²) < 4.78 is 16.4. The number of likely N-dealkylation sites (tertiary alicyclic amines) is 1. The molecule has 2 aliphatic heterocycles. The van der Waals surface area contributed by atoms with Crippen LogP contribution in [0.2, 0.25) is 0 Å². The zero-order valence-electron chi connectivity index (χ0n) is 18.8. The van der Waals surface area contributed by atoms with Crippen molar-refractivity contribution >= 4 is 28.2 Å². The molecular formula is C27H25NO6. The van der Waals surface area contributed by atoms with Gasteiger partial charge < -0.3 is 24.2 Å². The van der Waals surface area contributed by atoms with Crippen LogP contribution in [0.25, 0.3) is 16.5 Å². The van der Waals surface area contributed by atoms with Crippen molar-refractivity contribution in [2.75, 3.05) is 33.5 Å². The second-order valence-electron chi connectivity index (χ2n) is 8.27. The lowest BCUT2D eigenvalue weighted by atomic mass is 9.91. The van der Waals surface area contributed by atoms with Gasteiger partial charge in [-0.25, -0.2) is 0 Å². The van der Waals surface area contributed by atoms with Crippen molar-refractivity contribution in [3.8, 4) is 11.5 Å². The van der Waals surface area contributed by atoms with Gasteiger partial charge in [0.2, 0.25) is 0 Å². The van der Waals surface area contributed by atoms with Crippen LogP contribution in [0, 0.1) is 0 Å². The molecule has 2 heterocycles. The van der Waals surface area contributed by atoms with Gasteiger partial charge in [0.1, 0.15) is 19.0 Å². The SMILES string of the molecule is COCCCN1C(=O)C(=O)/C(=C(/O)c2ccc3c(c2)OCCO3)C1c1cccc2ccccc12. The number of rotatable bonds is 6. The predicted octanol–water partition coefficient (Wildman–Crippen LogP) is 4.07. The molecule has 3 aromatic carbocycles. The second-order valence-corrected chi connectivity index (χ2v) is 8.27. The van der Waals surface area contributed by atoms with Crippen LogP contribution in [0.5, 0.6) is 11.5 Å². The van der Waals surface area contributed by atoms with E-state index in [9.17, 15) is 14.7 Å². The number of aliphatic hydroxyl groups excluding tert-OH is 1. The fraction of sp³-hybridized carbons (Fsp3) is 0.259. The van der Waals surface area contributed by atoms with Gasteiger partial charge in [-0.15, -0.1) is 0 Å². The Morgan fingerprint density at radius 3 is 2.62 bits per heavy atom. The Morgan fingerprint density at radius 1 is 1.03 bits per heavy atom. The number of Topliss-reactive ketones (excluding diaryl/α,β-unsaturated/α-hetero) is 1. The molecule has 2 aliphatic rings. The number of fused-ring (bicyclic) bond motifs is 2. The summed E-state index contributed by atoms with van der Waals surface area (Å²) in [5.41, 5.74) is 1.24. The van der Waals surface area contributed by atoms with Crippen LogP contribution < -0.4 is 9.47 Å². The van der Waals surface area contributed by atoms with Gasteiger partial charge in [-0.2, -0.15) is 0 Å². The zero-order valence-corrected chi connectivity index (χ0v) is 18.8. The average Bonchev–Trinajstić information content (AvgIpc) is 3.12. The molecule has 1 unspecified atom stereocenters. The molecule has 7 nitrogen and oxygen atoms in total. The van der Waals surface area contributed by atoms with Gasteiger partial charge in [0.25, 0.3) is 11.7 Å². The van der Waals surface area contributed by atoms with E-state index in [1.165, 1.54) is 4.90 Å². The molecule has 7 heteroatoms. The molecule has 1 fully saturated rings. The molecule has 0 saturated carbocycles. The summed E-state index contributed by atoms with van der Waals surface area (Å²) in [5, 5.41) is 13.3. The molecule has 34 heavy (non-hydrogen) atoms. The molecule has 1 atom stereocenters. The van der Waals surface area contributed by atoms with Crippen molar-refractivity contribution in [3.05, 3.63) is 77.4 Å². The van der Waals surface area contributed by atoms with Crippen molar-refractivity contribution in [1.82, 2.24) is 4.90 Å². The topological polar surface area (TPSA) is 85.3 Å². The van der Waals surface area contributed by atoms with Gasteiger partial charge in [-0.3, -0.25) is 9.59 Å². The van der Waals surface area contributed by atoms with Crippen LogP contribution in [0.4, 0.5) is 0 Å². The number of carbonyl (C=O) groups excluding carboxylic acids is 2. The van der Waals surface area contributed by atoms with Gasteiger partial charge >= 0.3 is 0 Å². The molecule has 0 bridgehead atoms. The van der Waals surface area contributed by atoms with E-state index < -0.39 is 17.7 Å². The number of hydrogen-bond acceptors (Lipinski definition) is 6. The quantitative estimate of drug-likeness (QED) is 0.259. The first kappa shape index (κ1) is 22.0. The van der Waals surface area contributed by atoms with Gasteiger partial charge in [0, 0.05) is 25.8 Å². The molecule has 5 rings (SSSR count). The van der Waals surface area contributed by atoms with E-state index in [0.29, 0.717) is 49.8 Å². The third kappa shape index (κ3) is 3.78. The number of ether oxygens (including phenoxy) is 3. The molecule has 0 aromatic heterocycles. The maximum Gasteiger partial charge on any atom is 0.295 e. The lowest BCUT2D eigenvalue weighted by Crippen LogP contribution is -2.31. The molecule has 174 valence electrons. The first-order valence-corrected chi connectivity index (χ1v) is 11.2. The largest absolute Gasteiger partial charge is 0.507 e. The zero-order chi connectivity index (χ0) is 23.7. The van der Waals surface area contributed by atoms with Crippen LogP contribution in [0.1, 0.15) is 23.6 Å². The van der Waals surface area contributed by atoms with Gasteiger partial charge in [-0.05, 0) is 41.0 Å². The third-order valence-corrected chi connectivity index (χ3v) is 6.22. The van der Waals surface area contributed by atoms with Crippen molar-refractivity contribution in [1.29, 1.82) is 0 Å². The molecule has 0 spiro atoms. The lowest BCUT2D eigenvalue weighted by molar-refractivity contribution is -0.140. The Balaban J connectivity index is 1.67. The highest BCUT2D eigenvalue weighted by Crippen LogP contribution is 2.43. The van der Waals surface area contributed by atoms with Gasteiger partial charge in [0.05, 0.1) is 11.6 Å². The summed E-state index contributed by atoms with van der Waals surface area (Å²) in [6.45, 7) is 1.63. The van der Waals surface area contributed by atoms with Crippen LogP contribution in [0.15, 0.2) is 66.2 Å². The van der Waals surface area contributed by atoms with E-state index in [1.807, 2.05) is 42.5 Å². The van der Waals surface area contributed by atoms with Crippen molar-refractivity contribution in [3.63, 3.8) is 0 Å². The van der Waals surface area contributed by atoms with Crippen molar-refractivity contribution in [2.45, 2.75) is 12.5 Å². The van der Waals surface area contributed by atoms with Crippen molar-refractivity contribution < 1.29 is 28.9 Å². The van der Waals surface area contributed by atoms with E-state index in [2.05, 4.69) is 0 Å². The minimum absolute atomic E-state index is 0.0652. The van der Waals surface area contributed by atoms with Crippen LogP contribution >= 0.6 is 0 Å². The number of aliphatic hydroxyl groups is 1. The molecule has 0 radical (unpaired) electrons. The first-order valence-electron chi connectivity index (χ1n) is 11.2. The highest BCUT2D eigenvalue weighted by atomic mass is 16.6. The molecular weight excluding hydrogens is 434 g/mol. The summed E-state index contributed by atoms with van der Waals surface area (Å²) in [4.78, 5) is 28.0. The second kappa shape index (κ2) is 9.19. The summed E-state index contributed by atoms with van der Waals surface area (Å²) in [7, 11) is 1.60. The highest BCUT2D eigenvalue weighted by Gasteiger charge is 2.46. The van der Waals surface area contributed by atoms with Gasteiger partial charge in [0.15, 0.2) is 11.5 Å². The van der Waals surface area contributed by atoms with Crippen LogP contribution in [0.3, 0.4) is 0 Å². The van der Waals surface area contributed by atoms with Crippen LogP contribution in [-0.4, -0.2) is 55.2 Å². The lowest BCUT2D eigenvalue weighted by Gasteiger charge is -2.26. The number of amides is 1. The number of nitrogens with zero attached hydrogens (tertiary/aromatic N) is 1. The van der Waals surface area contributed by atoms with E-state index in [4.69, 9.17) is 14.2 Å². The molecule has 1 saturated heterocycles. The number of hydrogen-bond donors (Lipinski definition) is 1. The van der Waals surface area contributed by atoms with E-state index in [-0.39, 0.29) is 11.3 Å². The Hall–Kier alpha value is -3.84. The normalized spacial score (nSPS) is 19.1. The Bertz CT molecular complexity index is 1290. The fourth-order valence-electron chi connectivity index (χ4n) is 4.65. The highest BCUT2D eigenvalue weighted by molar-refractivity contribution is 6.46. The Morgan fingerprint density at radius 2 is 1.79 bits per heavy atom. The maximum atomic E-state index is 13.3. The minimum atomic E-state index is -0.726. The molecule has 1 amide bonds. The van der Waals surface area contributed by atoms with E-state index in [1.54, 1.807) is 25.3 Å². The molecule has 1 N–H and O–H groups in total. The molecule has 3 aromatic rings. The number of benzene rings is 3. The molecule has 0 aliphatic carbocycles. The number of carbonyl (C=O) groups is 2.